The predicted octanol–water partition coefficient (Wildman–Crippen LogP) is 1.38. The van der Waals surface area contributed by atoms with Crippen LogP contribution in [0.25, 0.3) is 0 Å². The van der Waals surface area contributed by atoms with Crippen LogP contribution in [0.3, 0.4) is 0 Å². The quantitative estimate of drug-likeness (QED) is 0.380. The molecule has 4 heteroatoms. The van der Waals surface area contributed by atoms with Gasteiger partial charge in [0.05, 0.1) is 0 Å². The molecule has 0 N–H and O–H groups in total. The molecule has 0 aromatic rings. The zero-order valence-corrected chi connectivity index (χ0v) is 6.71. The van der Waals surface area contributed by atoms with E-state index in [1.807, 2.05) is 20.8 Å². The van der Waals surface area contributed by atoms with Crippen molar-refractivity contribution in [2.45, 2.75) is 33.3 Å². The molecule has 0 aromatic carbocycles. The second-order valence-electron chi connectivity index (χ2n) is 2.71. The second-order valence-corrected chi connectivity index (χ2v) is 2.71. The number of carbonyl (C=O) groups excluding carboxylic acids is 1. The molecule has 0 saturated heterocycles. The number of ether oxygens (including phenoxy) is 1. The minimum atomic E-state index is -0.328. The van der Waals surface area contributed by atoms with Crippen LogP contribution in [0, 0.1) is 10.8 Å². The zero-order valence-electron chi connectivity index (χ0n) is 6.71. The molecule has 0 amide bonds. The van der Waals surface area contributed by atoms with Gasteiger partial charge in [0.25, 0.3) is 0 Å². The van der Waals surface area contributed by atoms with Crippen LogP contribution >= 0.6 is 0 Å². The maximum absolute atomic E-state index is 10.2. The first-order valence-electron chi connectivity index (χ1n) is 2.81. The maximum Gasteiger partial charge on any atom is 0.303 e. The molecule has 0 radical (unpaired) electrons. The molecular formula is C6H12N2O2. The number of rotatable bonds is 0. The normalized spacial score (nSPS) is 9.00. The summed E-state index contributed by atoms with van der Waals surface area (Å²) in [5, 5.41) is 12.0. The molecule has 0 aliphatic heterocycles. The summed E-state index contributed by atoms with van der Waals surface area (Å²) < 4.78 is 4.80. The van der Waals surface area contributed by atoms with Crippen LogP contribution in [-0.2, 0) is 9.53 Å². The minimum Gasteiger partial charge on any atom is -0.460 e. The van der Waals surface area contributed by atoms with Crippen molar-refractivity contribution in [3.8, 4) is 0 Å². The van der Waals surface area contributed by atoms with Crippen molar-refractivity contribution in [3.63, 3.8) is 0 Å². The number of hydrogen-bond donors (Lipinski definition) is 0. The van der Waals surface area contributed by atoms with Crippen LogP contribution < -0.4 is 0 Å². The van der Waals surface area contributed by atoms with Gasteiger partial charge < -0.3 is 4.74 Å². The van der Waals surface area contributed by atoms with E-state index in [9.17, 15) is 4.79 Å². The van der Waals surface area contributed by atoms with Crippen LogP contribution in [0.4, 0.5) is 0 Å². The van der Waals surface area contributed by atoms with Crippen molar-refractivity contribution in [1.29, 1.82) is 10.8 Å². The van der Waals surface area contributed by atoms with E-state index >= 15 is 0 Å². The molecule has 4 nitrogen and oxygen atoms in total. The van der Waals surface area contributed by atoms with E-state index in [1.165, 1.54) is 6.92 Å². The van der Waals surface area contributed by atoms with Gasteiger partial charge >= 0.3 is 5.97 Å². The average Bonchev–Trinajstić information content (AvgIpc) is 1.64. The first-order valence-corrected chi connectivity index (χ1v) is 2.81. The molecule has 0 heterocycles. The van der Waals surface area contributed by atoms with Gasteiger partial charge in [-0.25, -0.2) is 0 Å². The average molecular weight is 144 g/mol. The van der Waals surface area contributed by atoms with Crippen LogP contribution in [0.1, 0.15) is 27.7 Å². The highest BCUT2D eigenvalue weighted by Gasteiger charge is 2.11. The topological polar surface area (TPSA) is 73.9 Å². The summed E-state index contributed by atoms with van der Waals surface area (Å²) in [5.41, 5.74) is -0.328. The third-order valence-electron chi connectivity index (χ3n) is 0.450. The second kappa shape index (κ2) is 4.74. The molecule has 0 atom stereocenters. The van der Waals surface area contributed by atoms with E-state index in [0.29, 0.717) is 0 Å². The molecule has 58 valence electrons. The van der Waals surface area contributed by atoms with Gasteiger partial charge in [0, 0.05) is 17.7 Å². The Balaban J connectivity index is 0. The Labute approximate surface area is 60.6 Å². The van der Waals surface area contributed by atoms with E-state index in [4.69, 9.17) is 15.5 Å². The maximum atomic E-state index is 10.2. The van der Waals surface area contributed by atoms with E-state index in [-0.39, 0.29) is 11.6 Å². The molecule has 0 unspecified atom stereocenters. The SMILES string of the molecule is CC(=O)OC(C)(C)C.N#N. The fourth-order valence-corrected chi connectivity index (χ4v) is 0.431. The van der Waals surface area contributed by atoms with Gasteiger partial charge in [-0.15, -0.1) is 0 Å². The van der Waals surface area contributed by atoms with Gasteiger partial charge in [-0.2, -0.15) is 0 Å². The number of carbonyl (C=O) groups is 1. The largest absolute Gasteiger partial charge is 0.460 e. The van der Waals surface area contributed by atoms with Crippen LogP contribution in [0.5, 0.6) is 0 Å². The van der Waals surface area contributed by atoms with E-state index < -0.39 is 0 Å². The van der Waals surface area contributed by atoms with Gasteiger partial charge in [-0.3, -0.25) is 4.79 Å². The van der Waals surface area contributed by atoms with Crippen LogP contribution in [-0.4, -0.2) is 11.6 Å². The molecule has 0 rings (SSSR count). The summed E-state index contributed by atoms with van der Waals surface area (Å²) >= 11 is 0. The summed E-state index contributed by atoms with van der Waals surface area (Å²) in [4.78, 5) is 10.2. The van der Waals surface area contributed by atoms with Gasteiger partial charge in [0.2, 0.25) is 0 Å². The summed E-state index contributed by atoms with van der Waals surface area (Å²) in [6.45, 7) is 6.93. The Morgan fingerprint density at radius 1 is 1.30 bits per heavy atom. The predicted molar refractivity (Wildman–Crippen MR) is 35.0 cm³/mol. The molecule has 0 aliphatic rings. The Morgan fingerprint density at radius 3 is 1.60 bits per heavy atom. The van der Waals surface area contributed by atoms with Crippen molar-refractivity contribution in [1.82, 2.24) is 0 Å². The highest BCUT2D eigenvalue weighted by Crippen LogP contribution is 2.05. The van der Waals surface area contributed by atoms with Crippen molar-refractivity contribution in [2.24, 2.45) is 0 Å². The van der Waals surface area contributed by atoms with Gasteiger partial charge in [-0.1, -0.05) is 0 Å². The van der Waals surface area contributed by atoms with E-state index in [2.05, 4.69) is 0 Å². The molecular weight excluding hydrogens is 132 g/mol. The highest BCUT2D eigenvalue weighted by molar-refractivity contribution is 5.66. The fourth-order valence-electron chi connectivity index (χ4n) is 0.431. The lowest BCUT2D eigenvalue weighted by molar-refractivity contribution is -0.151. The van der Waals surface area contributed by atoms with Gasteiger partial charge in [-0.05, 0) is 20.8 Å². The third kappa shape index (κ3) is 15.8. The smallest absolute Gasteiger partial charge is 0.303 e. The van der Waals surface area contributed by atoms with Crippen molar-refractivity contribution >= 4 is 5.97 Å². The van der Waals surface area contributed by atoms with Crippen molar-refractivity contribution in [3.05, 3.63) is 0 Å². The Morgan fingerprint density at radius 2 is 1.60 bits per heavy atom. The highest BCUT2D eigenvalue weighted by atomic mass is 16.6. The number of esters is 1. The lowest BCUT2D eigenvalue weighted by Gasteiger charge is -2.17. The molecule has 10 heavy (non-hydrogen) atoms. The van der Waals surface area contributed by atoms with Crippen LogP contribution in [0.15, 0.2) is 0 Å². The molecule has 0 aromatic heterocycles. The molecule has 0 aliphatic carbocycles. The standard InChI is InChI=1S/C6H12O2.N2/c1-5(7)8-6(2,3)4;1-2/h1-4H3;. The zero-order chi connectivity index (χ0) is 8.78. The summed E-state index contributed by atoms with van der Waals surface area (Å²) in [7, 11) is 0. The summed E-state index contributed by atoms with van der Waals surface area (Å²) in [5.74, 6) is -0.225. The Kier molecular flexibility index (Phi) is 5.52. The first kappa shape index (κ1) is 11.7. The lowest BCUT2D eigenvalue weighted by atomic mass is 10.2. The number of hydrogen-bond acceptors (Lipinski definition) is 4. The Bertz CT molecular complexity index is 123. The Hall–Kier alpha value is -1.11. The monoisotopic (exact) mass is 144 g/mol. The van der Waals surface area contributed by atoms with Gasteiger partial charge in [0.15, 0.2) is 0 Å². The fraction of sp³-hybridized carbons (Fsp3) is 0.833. The summed E-state index contributed by atoms with van der Waals surface area (Å²) in [6, 6.07) is 0. The molecule has 0 fully saturated rings. The lowest BCUT2D eigenvalue weighted by Crippen LogP contribution is -2.21. The molecule has 0 bridgehead atoms. The van der Waals surface area contributed by atoms with Crippen LogP contribution in [0.2, 0.25) is 0 Å². The molecule has 0 spiro atoms. The first-order chi connectivity index (χ1) is 4.42. The number of nitrogens with zero attached hydrogens (tertiary/aromatic N) is 2. The van der Waals surface area contributed by atoms with Gasteiger partial charge in [0.1, 0.15) is 5.60 Å². The van der Waals surface area contributed by atoms with E-state index in [1.54, 1.807) is 0 Å². The third-order valence-corrected chi connectivity index (χ3v) is 0.450. The molecule has 0 saturated carbocycles. The van der Waals surface area contributed by atoms with E-state index in [0.717, 1.165) is 0 Å². The van der Waals surface area contributed by atoms with Crippen molar-refractivity contribution < 1.29 is 9.53 Å². The summed E-state index contributed by atoms with van der Waals surface area (Å²) in [6.07, 6.45) is 0. The minimum absolute atomic E-state index is 0.225. The van der Waals surface area contributed by atoms with Crippen molar-refractivity contribution in [2.75, 3.05) is 0 Å².